The normalized spacial score (nSPS) is 11.4. The van der Waals surface area contributed by atoms with E-state index >= 15 is 0 Å². The van der Waals surface area contributed by atoms with E-state index < -0.39 is 0 Å². The molecule has 0 bridgehead atoms. The summed E-state index contributed by atoms with van der Waals surface area (Å²) < 4.78 is 7.25. The Hall–Kier alpha value is -11.7. The number of aromatic nitrogens is 6. The molecule has 6 heteroatoms. The molecule has 0 unspecified atom stereocenters. The average Bonchev–Trinajstić information content (AvgIpc) is 1.55. The molecule has 0 amide bonds. The molecule has 0 saturated heterocycles. The summed E-state index contributed by atoms with van der Waals surface area (Å²) in [5.41, 5.74) is 39.8. The molecule has 6 heterocycles. The van der Waals surface area contributed by atoms with Crippen molar-refractivity contribution in [3.8, 4) is 67.2 Å². The van der Waals surface area contributed by atoms with Crippen molar-refractivity contribution in [1.82, 2.24) is 28.2 Å². The van der Waals surface area contributed by atoms with E-state index in [0.717, 1.165) is 55.5 Å². The van der Waals surface area contributed by atoms with Gasteiger partial charge in [-0.1, -0.05) is 385 Å². The second kappa shape index (κ2) is 40.7. The Bertz CT molecular complexity index is 6450. The summed E-state index contributed by atoms with van der Waals surface area (Å²) in [6.07, 6.45) is 5.81. The number of benzene rings is 12. The molecule has 18 aromatic rings. The second-order valence-electron chi connectivity index (χ2n) is 26.4. The van der Waals surface area contributed by atoms with E-state index in [4.69, 9.17) is 15.0 Å². The first-order valence-electron chi connectivity index (χ1n) is 44.8. The predicted molar refractivity (Wildman–Crippen MR) is 516 cm³/mol. The van der Waals surface area contributed by atoms with E-state index in [0.29, 0.717) is 0 Å². The largest absolute Gasteiger partial charge is 0.291 e. The van der Waals surface area contributed by atoms with Gasteiger partial charge in [0.05, 0.1) is 50.7 Å². The van der Waals surface area contributed by atoms with Crippen molar-refractivity contribution in [3.05, 3.63) is 322 Å². The van der Waals surface area contributed by atoms with Crippen LogP contribution >= 0.6 is 0 Å². The predicted octanol–water partition coefficient (Wildman–Crippen LogP) is 32.7. The molecule has 12 aromatic carbocycles. The van der Waals surface area contributed by atoms with Crippen LogP contribution in [0.15, 0.2) is 255 Å². The van der Waals surface area contributed by atoms with E-state index in [-0.39, 0.29) is 0 Å². The van der Waals surface area contributed by atoms with Crippen LogP contribution in [0.1, 0.15) is 233 Å². The van der Waals surface area contributed by atoms with Crippen molar-refractivity contribution in [2.24, 2.45) is 0 Å². The Morgan fingerprint density at radius 3 is 0.846 bits per heavy atom. The molecule has 0 spiro atoms. The highest BCUT2D eigenvalue weighted by Crippen LogP contribution is 2.52. The molecular formula is C111H126N6. The number of hydrogen-bond acceptors (Lipinski definition) is 3. The van der Waals surface area contributed by atoms with Crippen LogP contribution in [-0.4, -0.2) is 28.2 Å². The summed E-state index contributed by atoms with van der Waals surface area (Å²) in [6, 6.07) is 93.2. The van der Waals surface area contributed by atoms with Crippen molar-refractivity contribution < 1.29 is 0 Å². The molecule has 0 saturated carbocycles. The summed E-state index contributed by atoms with van der Waals surface area (Å²) in [5.74, 6) is 0. The second-order valence-corrected chi connectivity index (χ2v) is 26.4. The zero-order valence-electron chi connectivity index (χ0n) is 74.7. The Kier molecular flexibility index (Phi) is 30.5. The van der Waals surface area contributed by atoms with Gasteiger partial charge in [-0.2, -0.15) is 0 Å². The zero-order chi connectivity index (χ0) is 84.3. The van der Waals surface area contributed by atoms with Gasteiger partial charge in [0.2, 0.25) is 0 Å². The maximum atomic E-state index is 5.23. The van der Waals surface area contributed by atoms with Crippen LogP contribution in [0, 0.1) is 0 Å². The van der Waals surface area contributed by atoms with Crippen molar-refractivity contribution in [1.29, 1.82) is 0 Å². The molecule has 600 valence electrons. The minimum atomic E-state index is 0.907. The molecule has 6 aliphatic rings. The quantitative estimate of drug-likeness (QED) is 0.142. The van der Waals surface area contributed by atoms with Gasteiger partial charge in [-0.15, -0.1) is 0 Å². The number of pyridine rings is 3. The number of nitrogens with zero attached hydrogens (tertiary/aromatic N) is 6. The van der Waals surface area contributed by atoms with E-state index in [1.165, 1.54) is 199 Å². The minimum Gasteiger partial charge on any atom is -0.291 e. The number of hydrogen-bond donors (Lipinski definition) is 0. The van der Waals surface area contributed by atoms with Gasteiger partial charge in [-0.25, -0.2) is 15.0 Å². The summed E-state index contributed by atoms with van der Waals surface area (Å²) in [6.45, 7) is 48.0. The molecule has 0 N–H and O–H groups in total. The van der Waals surface area contributed by atoms with Crippen molar-refractivity contribution in [2.45, 2.75) is 205 Å². The zero-order valence-corrected chi connectivity index (χ0v) is 74.7. The summed E-state index contributed by atoms with van der Waals surface area (Å²) in [5, 5.41) is 11.4. The molecule has 6 aromatic heterocycles. The first-order chi connectivity index (χ1) is 58.1. The van der Waals surface area contributed by atoms with Crippen LogP contribution in [0.3, 0.4) is 0 Å². The van der Waals surface area contributed by atoms with Gasteiger partial charge < -0.3 is 0 Å². The highest BCUT2D eigenvalue weighted by Gasteiger charge is 2.35. The number of para-hydroxylation sites is 3. The van der Waals surface area contributed by atoms with Gasteiger partial charge >= 0.3 is 0 Å². The van der Waals surface area contributed by atoms with Gasteiger partial charge in [-0.3, -0.25) is 13.2 Å². The number of rotatable bonds is 0. The number of fused-ring (bicyclic) bond motifs is 40. The minimum absolute atomic E-state index is 0.907. The highest BCUT2D eigenvalue weighted by atomic mass is 15.1. The molecule has 6 nitrogen and oxygen atoms in total. The van der Waals surface area contributed by atoms with Gasteiger partial charge in [0.1, 0.15) is 16.9 Å². The smallest absolute Gasteiger partial charge is 0.145 e. The molecule has 0 fully saturated rings. The van der Waals surface area contributed by atoms with Crippen LogP contribution in [0.2, 0.25) is 0 Å². The SMILES string of the molecule is CC.CC.CC.CC.CC.CC.CC.CC.CC.CC.CC.CC.c1ccc2c(c1)Cc1cc3c(cc1-2)-c1c(nc2c4ccccc4c4ccccc4n12)C3.c1ccc2c(c1)Cc1cc3c(cc1-2)Cc1nc2c4ccccc4c4ccccc4n2c1-3.c1ccc2c(c1)Cc1ccc3c(c1-2)-c1c(nc2c4ccccc4c4ccccc4n12)C3. The fraction of sp³-hybridized carbons (Fsp3) is 0.270. The van der Waals surface area contributed by atoms with E-state index in [9.17, 15) is 0 Å². The Morgan fingerprint density at radius 1 is 0.179 bits per heavy atom. The van der Waals surface area contributed by atoms with Gasteiger partial charge in [0.15, 0.2) is 0 Å². The summed E-state index contributed by atoms with van der Waals surface area (Å²) in [4.78, 5) is 15.6. The number of imidazole rings is 3. The monoisotopic (exact) mass is 1540 g/mol. The van der Waals surface area contributed by atoms with Gasteiger partial charge in [0.25, 0.3) is 0 Å². The lowest BCUT2D eigenvalue weighted by atomic mass is 9.95. The Labute approximate surface area is 699 Å². The van der Waals surface area contributed by atoms with Crippen LogP contribution in [0.4, 0.5) is 0 Å². The highest BCUT2D eigenvalue weighted by molar-refractivity contribution is 6.16. The molecule has 6 aliphatic carbocycles. The lowest BCUT2D eigenvalue weighted by Gasteiger charge is -2.14. The van der Waals surface area contributed by atoms with E-state index in [1.54, 1.807) is 0 Å². The standard InChI is InChI=1S/3C29H18N2.12C2H6/c1-2-8-20-17(7-1)13-18-15-25-19(14-24(18)20)16-26-28(25)31-27-12-6-5-10-22(27)21-9-3-4-11-23(21)29(31)30-26;1-2-8-20-17(7-1)13-18-14-19-15-26-28(25(19)16-24(18)20)31-27-12-6-5-10-22(27)21-9-3-4-11-23(21)29(31)30-26;1-2-8-20-17(7-1)15-18-13-14-19-16-24-28(27(19)26(18)20)31-25-12-6-5-10-22(25)21-9-3-4-11-23(21)29(31)30-24;12*1-2/h1-12,14-15H,13,16H2;1-12,14,16H,13,15H2;1-14H,15-16H2;12*1-2H3. The Morgan fingerprint density at radius 2 is 0.436 bits per heavy atom. The lowest BCUT2D eigenvalue weighted by Crippen LogP contribution is -1.96. The maximum absolute atomic E-state index is 5.23. The van der Waals surface area contributed by atoms with Crippen molar-refractivity contribution >= 4 is 82.0 Å². The third-order valence-corrected chi connectivity index (χ3v) is 21.6. The van der Waals surface area contributed by atoms with E-state index in [2.05, 4.69) is 268 Å². The molecule has 24 rings (SSSR count). The average molecular weight is 1540 g/mol. The molecule has 0 atom stereocenters. The van der Waals surface area contributed by atoms with E-state index in [1.807, 2.05) is 166 Å². The topological polar surface area (TPSA) is 51.9 Å². The van der Waals surface area contributed by atoms with Crippen molar-refractivity contribution in [2.75, 3.05) is 0 Å². The molecular weight excluding hydrogens is 1420 g/mol. The summed E-state index contributed by atoms with van der Waals surface area (Å²) in [7, 11) is 0. The van der Waals surface area contributed by atoms with Crippen LogP contribution < -0.4 is 0 Å². The van der Waals surface area contributed by atoms with Crippen LogP contribution in [-0.2, 0) is 38.5 Å². The fourth-order valence-electron chi connectivity index (χ4n) is 17.7. The first-order valence-corrected chi connectivity index (χ1v) is 44.8. The third-order valence-electron chi connectivity index (χ3n) is 21.6. The summed E-state index contributed by atoms with van der Waals surface area (Å²) >= 11 is 0. The van der Waals surface area contributed by atoms with Gasteiger partial charge in [0, 0.05) is 68.3 Å². The molecule has 0 radical (unpaired) electrons. The molecule has 117 heavy (non-hydrogen) atoms. The third kappa shape index (κ3) is 15.2. The fourth-order valence-corrected chi connectivity index (χ4v) is 17.7. The maximum Gasteiger partial charge on any atom is 0.145 e. The van der Waals surface area contributed by atoms with Gasteiger partial charge in [-0.05, 0) is 155 Å². The first kappa shape index (κ1) is 87.7. The molecule has 0 aliphatic heterocycles. The van der Waals surface area contributed by atoms with Crippen molar-refractivity contribution in [3.63, 3.8) is 0 Å². The lowest BCUT2D eigenvalue weighted by molar-refractivity contribution is 1.15. The van der Waals surface area contributed by atoms with Crippen LogP contribution in [0.5, 0.6) is 0 Å². The Balaban J connectivity index is 0.000000164. The van der Waals surface area contributed by atoms with Crippen LogP contribution in [0.25, 0.3) is 149 Å².